The molecule has 2 aromatic carbocycles. The fourth-order valence-electron chi connectivity index (χ4n) is 2.64. The number of nitrogens with zero attached hydrogens (tertiary/aromatic N) is 1. The summed E-state index contributed by atoms with van der Waals surface area (Å²) in [7, 11) is -0.662. The van der Waals surface area contributed by atoms with Crippen LogP contribution in [0.3, 0.4) is 0 Å². The molecule has 0 aliphatic carbocycles. The van der Waals surface area contributed by atoms with Crippen molar-refractivity contribution < 1.29 is 9.00 Å². The predicted molar refractivity (Wildman–Crippen MR) is 99.0 cm³/mol. The quantitative estimate of drug-likeness (QED) is 0.908. The Balaban J connectivity index is 1.63. The lowest BCUT2D eigenvalue weighted by molar-refractivity contribution is 0.102. The summed E-state index contributed by atoms with van der Waals surface area (Å²) in [5, 5.41) is 3.52. The van der Waals surface area contributed by atoms with Gasteiger partial charge < -0.3 is 5.32 Å². The summed E-state index contributed by atoms with van der Waals surface area (Å²) in [6, 6.07) is 14.7. The summed E-state index contributed by atoms with van der Waals surface area (Å²) < 4.78 is 11.4. The lowest BCUT2D eigenvalue weighted by atomic mass is 10.1. The molecule has 4 nitrogen and oxygen atoms in total. The zero-order valence-corrected chi connectivity index (χ0v) is 14.8. The number of nitrogens with one attached hydrogen (secondary N) is 1. The molecule has 6 heteroatoms. The van der Waals surface area contributed by atoms with Crippen molar-refractivity contribution in [2.24, 2.45) is 0 Å². The molecule has 24 heavy (non-hydrogen) atoms. The lowest BCUT2D eigenvalue weighted by Crippen LogP contribution is -2.37. The maximum absolute atomic E-state index is 12.3. The topological polar surface area (TPSA) is 49.4 Å². The molecule has 0 radical (unpaired) electrons. The minimum atomic E-state index is -0.662. The summed E-state index contributed by atoms with van der Waals surface area (Å²) in [6.07, 6.45) is 0. The number of rotatable bonds is 4. The second kappa shape index (κ2) is 7.92. The molecule has 1 fully saturated rings. The smallest absolute Gasteiger partial charge is 0.255 e. The minimum Gasteiger partial charge on any atom is -0.322 e. The Labute approximate surface area is 149 Å². The normalized spacial score (nSPS) is 16.0. The third kappa shape index (κ3) is 4.66. The van der Waals surface area contributed by atoms with Crippen molar-refractivity contribution in [1.29, 1.82) is 0 Å². The molecule has 0 bridgehead atoms. The number of carbonyl (C=O) groups excluding carboxylic acids is 1. The molecular weight excluding hydrogens is 344 g/mol. The number of carbonyl (C=O) groups is 1. The van der Waals surface area contributed by atoms with E-state index >= 15 is 0 Å². The van der Waals surface area contributed by atoms with Crippen LogP contribution >= 0.6 is 11.6 Å². The van der Waals surface area contributed by atoms with Crippen LogP contribution in [0.5, 0.6) is 0 Å². The van der Waals surface area contributed by atoms with Gasteiger partial charge in [0, 0.05) is 58.2 Å². The Hall–Kier alpha value is -1.69. The molecule has 1 aliphatic rings. The highest BCUT2D eigenvalue weighted by molar-refractivity contribution is 7.85. The van der Waals surface area contributed by atoms with Crippen molar-refractivity contribution in [3.05, 3.63) is 64.7 Å². The summed E-state index contributed by atoms with van der Waals surface area (Å²) in [5.41, 5.74) is 2.48. The van der Waals surface area contributed by atoms with Crippen molar-refractivity contribution in [2.75, 3.05) is 29.9 Å². The molecule has 2 aromatic rings. The molecule has 1 N–H and O–H groups in total. The molecular formula is C18H19ClN2O2S. The summed E-state index contributed by atoms with van der Waals surface area (Å²) in [5.74, 6) is 1.33. The van der Waals surface area contributed by atoms with Gasteiger partial charge in [0.2, 0.25) is 0 Å². The number of anilines is 1. The maximum atomic E-state index is 12.3. The van der Waals surface area contributed by atoms with E-state index in [9.17, 15) is 9.00 Å². The van der Waals surface area contributed by atoms with E-state index in [1.165, 1.54) is 0 Å². The van der Waals surface area contributed by atoms with Crippen molar-refractivity contribution in [3.63, 3.8) is 0 Å². The Bertz CT molecular complexity index is 739. The van der Waals surface area contributed by atoms with Crippen LogP contribution in [0.15, 0.2) is 48.5 Å². The van der Waals surface area contributed by atoms with Crippen LogP contribution in [0.2, 0.25) is 5.02 Å². The van der Waals surface area contributed by atoms with Gasteiger partial charge in [-0.1, -0.05) is 23.7 Å². The molecule has 0 spiro atoms. The van der Waals surface area contributed by atoms with Crippen molar-refractivity contribution in [3.8, 4) is 0 Å². The van der Waals surface area contributed by atoms with Crippen LogP contribution < -0.4 is 5.32 Å². The van der Waals surface area contributed by atoms with Crippen molar-refractivity contribution >= 4 is 34.0 Å². The molecule has 0 unspecified atom stereocenters. The van der Waals surface area contributed by atoms with Crippen LogP contribution in [0.25, 0.3) is 0 Å². The monoisotopic (exact) mass is 362 g/mol. The third-order valence-corrected chi connectivity index (χ3v) is 5.50. The maximum Gasteiger partial charge on any atom is 0.255 e. The van der Waals surface area contributed by atoms with E-state index in [2.05, 4.69) is 10.2 Å². The first kappa shape index (κ1) is 17.1. The minimum absolute atomic E-state index is 0.155. The van der Waals surface area contributed by atoms with E-state index in [4.69, 9.17) is 11.6 Å². The van der Waals surface area contributed by atoms with Gasteiger partial charge in [-0.3, -0.25) is 13.9 Å². The van der Waals surface area contributed by atoms with Crippen molar-refractivity contribution in [1.82, 2.24) is 4.90 Å². The average Bonchev–Trinajstić information content (AvgIpc) is 2.58. The Morgan fingerprint density at radius 1 is 1.12 bits per heavy atom. The van der Waals surface area contributed by atoms with Gasteiger partial charge in [-0.25, -0.2) is 0 Å². The second-order valence-electron chi connectivity index (χ2n) is 5.79. The molecule has 0 atom stereocenters. The zero-order valence-electron chi connectivity index (χ0n) is 13.2. The summed E-state index contributed by atoms with van der Waals surface area (Å²) >= 11 is 5.84. The van der Waals surface area contributed by atoms with Crippen LogP contribution in [-0.4, -0.2) is 39.6 Å². The van der Waals surface area contributed by atoms with E-state index in [0.29, 0.717) is 10.6 Å². The highest BCUT2D eigenvalue weighted by Crippen LogP contribution is 2.16. The molecule has 1 aliphatic heterocycles. The highest BCUT2D eigenvalue weighted by Gasteiger charge is 2.15. The molecule has 1 saturated heterocycles. The fraction of sp³-hybridized carbons (Fsp3) is 0.278. The molecule has 0 saturated carbocycles. The van der Waals surface area contributed by atoms with Gasteiger partial charge in [0.05, 0.1) is 0 Å². The number of hydrogen-bond donors (Lipinski definition) is 1. The van der Waals surface area contributed by atoms with Crippen molar-refractivity contribution in [2.45, 2.75) is 6.54 Å². The molecule has 3 rings (SSSR count). The average molecular weight is 363 g/mol. The van der Waals surface area contributed by atoms with Gasteiger partial charge in [-0.15, -0.1) is 0 Å². The molecule has 1 heterocycles. The number of halogens is 1. The highest BCUT2D eigenvalue weighted by atomic mass is 35.5. The van der Waals surface area contributed by atoms with Gasteiger partial charge in [0.25, 0.3) is 5.91 Å². The van der Waals surface area contributed by atoms with Crippen LogP contribution in [0, 0.1) is 0 Å². The van der Waals surface area contributed by atoms with Gasteiger partial charge >= 0.3 is 0 Å². The fourth-order valence-corrected chi connectivity index (χ4v) is 3.90. The second-order valence-corrected chi connectivity index (χ2v) is 7.92. The first-order valence-corrected chi connectivity index (χ1v) is 9.70. The van der Waals surface area contributed by atoms with Gasteiger partial charge in [0.15, 0.2) is 0 Å². The van der Waals surface area contributed by atoms with Gasteiger partial charge in [-0.05, 0) is 42.0 Å². The number of amides is 1. The third-order valence-electron chi connectivity index (χ3n) is 3.97. The van der Waals surface area contributed by atoms with E-state index < -0.39 is 10.8 Å². The van der Waals surface area contributed by atoms with E-state index in [0.717, 1.165) is 42.4 Å². The summed E-state index contributed by atoms with van der Waals surface area (Å²) in [4.78, 5) is 14.6. The van der Waals surface area contributed by atoms with E-state index in [1.807, 2.05) is 24.3 Å². The van der Waals surface area contributed by atoms with Gasteiger partial charge in [0.1, 0.15) is 0 Å². The Morgan fingerprint density at radius 2 is 1.83 bits per heavy atom. The molecule has 1 amide bonds. The van der Waals surface area contributed by atoms with Crippen LogP contribution in [-0.2, 0) is 17.3 Å². The Kier molecular flexibility index (Phi) is 5.66. The SMILES string of the molecule is O=C(Nc1cccc(CN2CCS(=O)CC2)c1)c1ccc(Cl)cc1. The van der Waals surface area contributed by atoms with E-state index in [1.54, 1.807) is 24.3 Å². The standard InChI is InChI=1S/C18H19ClN2O2S/c19-16-6-4-15(5-7-16)18(22)20-17-3-1-2-14(12-17)13-21-8-10-24(23)11-9-21/h1-7,12H,8-11,13H2,(H,20,22). The zero-order chi connectivity index (χ0) is 16.9. The predicted octanol–water partition coefficient (Wildman–Crippen LogP) is 3.16. The van der Waals surface area contributed by atoms with Crippen LogP contribution in [0.4, 0.5) is 5.69 Å². The first-order chi connectivity index (χ1) is 11.6. The summed E-state index contributed by atoms with van der Waals surface area (Å²) in [6.45, 7) is 2.52. The van der Waals surface area contributed by atoms with Gasteiger partial charge in [-0.2, -0.15) is 0 Å². The number of hydrogen-bond acceptors (Lipinski definition) is 3. The number of benzene rings is 2. The molecule has 0 aromatic heterocycles. The van der Waals surface area contributed by atoms with Crippen LogP contribution in [0.1, 0.15) is 15.9 Å². The largest absolute Gasteiger partial charge is 0.322 e. The van der Waals surface area contributed by atoms with E-state index in [-0.39, 0.29) is 5.91 Å². The lowest BCUT2D eigenvalue weighted by Gasteiger charge is -2.26. The molecule has 126 valence electrons. The first-order valence-electron chi connectivity index (χ1n) is 7.83. The Morgan fingerprint density at radius 3 is 2.54 bits per heavy atom.